The van der Waals surface area contributed by atoms with E-state index in [-0.39, 0.29) is 17.6 Å². The summed E-state index contributed by atoms with van der Waals surface area (Å²) in [6.45, 7) is 5.94. The minimum Gasteiger partial charge on any atom is -0.389 e. The van der Waals surface area contributed by atoms with Crippen LogP contribution in [0, 0.1) is 11.8 Å². The second-order valence-corrected chi connectivity index (χ2v) is 4.22. The van der Waals surface area contributed by atoms with Crippen molar-refractivity contribution < 1.29 is 9.90 Å². The summed E-state index contributed by atoms with van der Waals surface area (Å²) in [6.07, 6.45) is 5.48. The summed E-state index contributed by atoms with van der Waals surface area (Å²) in [5.41, 5.74) is 1.23. The number of carbonyl (C=O) groups is 1. The van der Waals surface area contributed by atoms with Crippen molar-refractivity contribution >= 4 is 5.78 Å². The zero-order valence-corrected chi connectivity index (χ0v) is 9.03. The minimum absolute atomic E-state index is 0.0439. The highest BCUT2D eigenvalue weighted by Gasteiger charge is 2.30. The van der Waals surface area contributed by atoms with Gasteiger partial charge >= 0.3 is 0 Å². The van der Waals surface area contributed by atoms with E-state index in [2.05, 4.69) is 6.08 Å². The second kappa shape index (κ2) is 4.56. The molecule has 0 heterocycles. The first-order chi connectivity index (χ1) is 6.52. The molecule has 1 unspecified atom stereocenters. The normalized spacial score (nSPS) is 31.7. The van der Waals surface area contributed by atoms with Gasteiger partial charge in [0.05, 0.1) is 6.10 Å². The van der Waals surface area contributed by atoms with Gasteiger partial charge in [-0.1, -0.05) is 24.6 Å². The molecule has 0 amide bonds. The highest BCUT2D eigenvalue weighted by atomic mass is 16.3. The van der Waals surface area contributed by atoms with Gasteiger partial charge in [0.2, 0.25) is 0 Å². The molecule has 3 atom stereocenters. The first-order valence-electron chi connectivity index (χ1n) is 5.06. The third-order valence-corrected chi connectivity index (χ3v) is 2.79. The quantitative estimate of drug-likeness (QED) is 0.683. The molecule has 78 valence electrons. The van der Waals surface area contributed by atoms with Gasteiger partial charge in [0, 0.05) is 11.8 Å². The van der Waals surface area contributed by atoms with Crippen molar-refractivity contribution in [2.45, 2.75) is 33.3 Å². The molecule has 1 rings (SSSR count). The van der Waals surface area contributed by atoms with Crippen LogP contribution in [0.3, 0.4) is 0 Å². The fourth-order valence-electron chi connectivity index (χ4n) is 1.71. The average molecular weight is 194 g/mol. The number of carbonyl (C=O) groups excluding carboxylic acids is 1. The second-order valence-electron chi connectivity index (χ2n) is 4.22. The minimum atomic E-state index is -0.474. The summed E-state index contributed by atoms with van der Waals surface area (Å²) in [6, 6.07) is 0. The van der Waals surface area contributed by atoms with Gasteiger partial charge in [0.25, 0.3) is 0 Å². The van der Waals surface area contributed by atoms with E-state index >= 15 is 0 Å². The van der Waals surface area contributed by atoms with Gasteiger partial charge in [0.15, 0.2) is 5.78 Å². The van der Waals surface area contributed by atoms with E-state index in [0.29, 0.717) is 0 Å². The fourth-order valence-corrected chi connectivity index (χ4v) is 1.71. The van der Waals surface area contributed by atoms with Crippen molar-refractivity contribution in [1.29, 1.82) is 0 Å². The molecule has 14 heavy (non-hydrogen) atoms. The van der Waals surface area contributed by atoms with E-state index in [1.54, 1.807) is 6.08 Å². The van der Waals surface area contributed by atoms with Crippen LogP contribution in [0.4, 0.5) is 0 Å². The molecule has 1 aliphatic carbocycles. The van der Waals surface area contributed by atoms with Crippen LogP contribution in [0.1, 0.15) is 27.2 Å². The Morgan fingerprint density at radius 3 is 2.79 bits per heavy atom. The van der Waals surface area contributed by atoms with Crippen molar-refractivity contribution in [3.05, 3.63) is 23.8 Å². The fraction of sp³-hybridized carbons (Fsp3) is 0.583. The molecule has 0 aromatic heterocycles. The number of hydrogen-bond donors (Lipinski definition) is 1. The van der Waals surface area contributed by atoms with E-state index in [9.17, 15) is 9.90 Å². The van der Waals surface area contributed by atoms with Crippen LogP contribution >= 0.6 is 0 Å². The standard InChI is InChI=1S/C12H18O2/c1-8(2)4-5-10-9(3)11(13)6-7-12(10)14/h4,6-7,9-10,12,14H,5H2,1-3H3/t9-,10+,12?/m1/s1. The summed E-state index contributed by atoms with van der Waals surface area (Å²) < 4.78 is 0. The van der Waals surface area contributed by atoms with Crippen LogP contribution in [-0.4, -0.2) is 17.0 Å². The molecular formula is C12H18O2. The molecule has 0 aliphatic heterocycles. The predicted octanol–water partition coefficient (Wildman–Crippen LogP) is 2.09. The van der Waals surface area contributed by atoms with Gasteiger partial charge in [-0.3, -0.25) is 4.79 Å². The van der Waals surface area contributed by atoms with E-state index in [0.717, 1.165) is 6.42 Å². The van der Waals surface area contributed by atoms with Gasteiger partial charge in [0.1, 0.15) is 0 Å². The third-order valence-electron chi connectivity index (χ3n) is 2.79. The zero-order valence-electron chi connectivity index (χ0n) is 9.03. The molecule has 0 saturated heterocycles. The van der Waals surface area contributed by atoms with Crippen molar-refractivity contribution in [3.8, 4) is 0 Å². The Kier molecular flexibility index (Phi) is 3.64. The third kappa shape index (κ3) is 2.55. The first kappa shape index (κ1) is 11.2. The molecule has 0 radical (unpaired) electrons. The lowest BCUT2D eigenvalue weighted by Crippen LogP contribution is -2.32. The summed E-state index contributed by atoms with van der Waals surface area (Å²) in [4.78, 5) is 11.4. The number of allylic oxidation sites excluding steroid dienone is 3. The Morgan fingerprint density at radius 1 is 1.57 bits per heavy atom. The maximum Gasteiger partial charge on any atom is 0.158 e. The average Bonchev–Trinajstić information content (AvgIpc) is 2.11. The molecule has 1 aliphatic rings. The van der Waals surface area contributed by atoms with Crippen LogP contribution in [-0.2, 0) is 4.79 Å². The molecule has 2 nitrogen and oxygen atoms in total. The highest BCUT2D eigenvalue weighted by Crippen LogP contribution is 2.26. The topological polar surface area (TPSA) is 37.3 Å². The Hall–Kier alpha value is -0.890. The van der Waals surface area contributed by atoms with Crippen LogP contribution in [0.2, 0.25) is 0 Å². The summed E-state index contributed by atoms with van der Waals surface area (Å²) >= 11 is 0. The molecule has 0 bridgehead atoms. The molecule has 0 fully saturated rings. The molecular weight excluding hydrogens is 176 g/mol. The number of rotatable bonds is 2. The molecule has 1 N–H and O–H groups in total. The largest absolute Gasteiger partial charge is 0.389 e. The molecule has 0 spiro atoms. The predicted molar refractivity (Wildman–Crippen MR) is 56.9 cm³/mol. The van der Waals surface area contributed by atoms with Crippen molar-refractivity contribution in [1.82, 2.24) is 0 Å². The Morgan fingerprint density at radius 2 is 2.21 bits per heavy atom. The Bertz CT molecular complexity index is 272. The van der Waals surface area contributed by atoms with Gasteiger partial charge in [-0.2, -0.15) is 0 Å². The van der Waals surface area contributed by atoms with Crippen molar-refractivity contribution in [2.24, 2.45) is 11.8 Å². The van der Waals surface area contributed by atoms with E-state index in [1.807, 2.05) is 20.8 Å². The summed E-state index contributed by atoms with van der Waals surface area (Å²) in [7, 11) is 0. The van der Waals surface area contributed by atoms with Gasteiger partial charge in [-0.15, -0.1) is 0 Å². The molecule has 2 heteroatoms. The number of aliphatic hydroxyl groups is 1. The molecule has 0 saturated carbocycles. The highest BCUT2D eigenvalue weighted by molar-refractivity contribution is 5.92. The number of hydrogen-bond acceptors (Lipinski definition) is 2. The monoisotopic (exact) mass is 194 g/mol. The van der Waals surface area contributed by atoms with Gasteiger partial charge < -0.3 is 5.11 Å². The van der Waals surface area contributed by atoms with Gasteiger partial charge in [-0.25, -0.2) is 0 Å². The SMILES string of the molecule is CC(C)=CC[C@@H]1C(O)C=CC(=O)[C@@H]1C. The van der Waals surface area contributed by atoms with Crippen molar-refractivity contribution in [2.75, 3.05) is 0 Å². The Labute approximate surface area is 85.3 Å². The van der Waals surface area contributed by atoms with Crippen LogP contribution in [0.15, 0.2) is 23.8 Å². The van der Waals surface area contributed by atoms with Crippen LogP contribution < -0.4 is 0 Å². The smallest absolute Gasteiger partial charge is 0.158 e. The van der Waals surface area contributed by atoms with E-state index in [4.69, 9.17) is 0 Å². The lowest BCUT2D eigenvalue weighted by Gasteiger charge is -2.27. The number of ketones is 1. The van der Waals surface area contributed by atoms with Crippen LogP contribution in [0.5, 0.6) is 0 Å². The Balaban J connectivity index is 2.71. The first-order valence-corrected chi connectivity index (χ1v) is 5.06. The van der Waals surface area contributed by atoms with Crippen molar-refractivity contribution in [3.63, 3.8) is 0 Å². The maximum atomic E-state index is 11.4. The van der Waals surface area contributed by atoms with Gasteiger partial charge in [-0.05, 0) is 26.3 Å². The summed E-state index contributed by atoms with van der Waals surface area (Å²) in [5.74, 6) is 0.107. The van der Waals surface area contributed by atoms with E-state index < -0.39 is 6.10 Å². The lowest BCUT2D eigenvalue weighted by atomic mass is 9.79. The zero-order chi connectivity index (χ0) is 10.7. The van der Waals surface area contributed by atoms with E-state index in [1.165, 1.54) is 11.6 Å². The molecule has 0 aromatic carbocycles. The lowest BCUT2D eigenvalue weighted by molar-refractivity contribution is -0.121. The number of aliphatic hydroxyl groups excluding tert-OH is 1. The summed E-state index contributed by atoms with van der Waals surface area (Å²) in [5, 5.41) is 9.70. The van der Waals surface area contributed by atoms with Crippen LogP contribution in [0.25, 0.3) is 0 Å². The maximum absolute atomic E-state index is 11.4. The molecule has 0 aromatic rings.